The van der Waals surface area contributed by atoms with E-state index in [-0.39, 0.29) is 59.1 Å². The zero-order valence-corrected chi connectivity index (χ0v) is 46.4. The largest absolute Gasteiger partial charge is 0.382 e. The third-order valence-corrected chi connectivity index (χ3v) is 20.1. The molecule has 408 valence electrons. The predicted molar refractivity (Wildman–Crippen MR) is 290 cm³/mol. The normalized spacial score (nSPS) is 25.9. The summed E-state index contributed by atoms with van der Waals surface area (Å²) in [5.74, 6) is 1.34. The summed E-state index contributed by atoms with van der Waals surface area (Å²) in [5, 5.41) is 35.3. The van der Waals surface area contributed by atoms with Gasteiger partial charge in [-0.1, -0.05) is 62.8 Å². The van der Waals surface area contributed by atoms with E-state index in [0.29, 0.717) is 114 Å². The number of aromatic nitrogens is 6. The maximum absolute atomic E-state index is 14.6. The topological polar surface area (TPSA) is 201 Å². The molecule has 0 saturated heterocycles. The van der Waals surface area contributed by atoms with Crippen LogP contribution >= 0.6 is 69.1 Å². The molecule has 6 aliphatic rings. The summed E-state index contributed by atoms with van der Waals surface area (Å²) in [6.45, 7) is 7.85. The number of thiazole rings is 2. The van der Waals surface area contributed by atoms with E-state index in [1.54, 1.807) is 24.5 Å². The van der Waals surface area contributed by atoms with E-state index in [0.717, 1.165) is 78.7 Å². The summed E-state index contributed by atoms with van der Waals surface area (Å²) >= 11 is 28.4. The lowest BCUT2D eigenvalue weighted by Crippen LogP contribution is -2.44. The fourth-order valence-corrected chi connectivity index (χ4v) is 16.2. The highest BCUT2D eigenvalue weighted by Crippen LogP contribution is 2.59. The zero-order valence-electron chi connectivity index (χ0n) is 41.8. The summed E-state index contributed by atoms with van der Waals surface area (Å²) in [6.07, 6.45) is 16.8. The molecule has 79 heavy (non-hydrogen) atoms. The van der Waals surface area contributed by atoms with Crippen molar-refractivity contribution >= 4 is 101 Å². The first kappa shape index (κ1) is 54.3. The van der Waals surface area contributed by atoms with Gasteiger partial charge in [0.05, 0.1) is 56.8 Å². The molecule has 6 aromatic heterocycles. The van der Waals surface area contributed by atoms with E-state index in [1.807, 2.05) is 6.07 Å². The van der Waals surface area contributed by atoms with Crippen LogP contribution in [-0.4, -0.2) is 58.8 Å². The number of ether oxygens (including phenoxy) is 2. The van der Waals surface area contributed by atoms with Crippen LogP contribution in [0.3, 0.4) is 0 Å². The molecule has 0 aliphatic heterocycles. The Hall–Kier alpha value is -5.33. The Kier molecular flexibility index (Phi) is 15.0. The van der Waals surface area contributed by atoms with Gasteiger partial charge in [0.15, 0.2) is 5.69 Å². The first-order chi connectivity index (χ1) is 38.2. The molecule has 6 fully saturated rings. The molecule has 4 unspecified atom stereocenters. The second-order valence-corrected chi connectivity index (χ2v) is 24.9. The van der Waals surface area contributed by atoms with Gasteiger partial charge < -0.3 is 28.7 Å². The molecular weight excluding hydrogens is 1140 g/mol. The molecule has 23 heteroatoms. The van der Waals surface area contributed by atoms with Crippen molar-refractivity contribution in [1.82, 2.24) is 30.2 Å². The number of nitrogens with zero attached hydrogens (tertiary/aromatic N) is 7. The van der Waals surface area contributed by atoms with Gasteiger partial charge in [0.25, 0.3) is 0 Å². The van der Waals surface area contributed by atoms with Crippen LogP contribution in [0, 0.1) is 41.9 Å². The summed E-state index contributed by atoms with van der Waals surface area (Å²) in [7, 11) is 0. The Morgan fingerprint density at radius 2 is 1.06 bits per heavy atom. The van der Waals surface area contributed by atoms with Crippen LogP contribution in [0.25, 0.3) is 47.8 Å². The van der Waals surface area contributed by atoms with Crippen molar-refractivity contribution in [2.24, 2.45) is 23.7 Å². The molecule has 2 aromatic carbocycles. The van der Waals surface area contributed by atoms with Crippen LogP contribution in [0.4, 0.5) is 14.5 Å². The van der Waals surface area contributed by atoms with Crippen LogP contribution in [0.1, 0.15) is 122 Å². The Morgan fingerprint density at radius 3 is 1.47 bits per heavy atom. The van der Waals surface area contributed by atoms with E-state index in [2.05, 4.69) is 35.1 Å². The van der Waals surface area contributed by atoms with E-state index in [9.17, 15) is 19.0 Å². The first-order valence-corrected chi connectivity index (χ1v) is 29.1. The summed E-state index contributed by atoms with van der Waals surface area (Å²) in [4.78, 5) is 36.8. The molecule has 2 N–H and O–H groups in total. The lowest BCUT2D eigenvalue weighted by Gasteiger charge is -2.41. The van der Waals surface area contributed by atoms with Gasteiger partial charge in [0.2, 0.25) is 0 Å². The maximum atomic E-state index is 14.6. The minimum atomic E-state index is -1.13. The molecule has 15 nitrogen and oxygen atoms in total. The van der Waals surface area contributed by atoms with Crippen LogP contribution in [0.2, 0.25) is 20.1 Å². The number of halogens is 6. The van der Waals surface area contributed by atoms with Gasteiger partial charge in [-0.15, -0.1) is 22.7 Å². The zero-order chi connectivity index (χ0) is 54.9. The molecule has 6 aliphatic carbocycles. The van der Waals surface area contributed by atoms with Crippen molar-refractivity contribution in [1.29, 1.82) is 0 Å². The highest BCUT2D eigenvalue weighted by Gasteiger charge is 2.58. The molecule has 6 heterocycles. The van der Waals surface area contributed by atoms with E-state index >= 15 is 0 Å². The van der Waals surface area contributed by atoms with Crippen molar-refractivity contribution in [2.75, 3.05) is 0 Å². The number of rotatable bonds is 12. The molecule has 4 bridgehead atoms. The summed E-state index contributed by atoms with van der Waals surface area (Å²) in [5.41, 5.74) is 2.73. The summed E-state index contributed by atoms with van der Waals surface area (Å²) in [6, 6.07) is 7.79. The predicted octanol–water partition coefficient (Wildman–Crippen LogP) is 14.5. The third kappa shape index (κ3) is 9.98. The lowest BCUT2D eigenvalue weighted by atomic mass is 9.73. The van der Waals surface area contributed by atoms with Gasteiger partial charge in [-0.25, -0.2) is 23.6 Å². The first-order valence-electron chi connectivity index (χ1n) is 26.0. The van der Waals surface area contributed by atoms with Gasteiger partial charge >= 0.3 is 6.15 Å². The number of para-hydroxylation sites is 1. The molecule has 14 rings (SSSR count). The quantitative estimate of drug-likeness (QED) is 0.109. The average Bonchev–Trinajstić information content (AvgIpc) is 4.36. The SMILES string of the molecule is O=C=O.OC1(c2nc3c(F)cccc3s2)[C@@H]2CC[C@H]1CC(OCc1c(-c3c(Cl)cncc3Cl)noc1C1CC1)C2.[C-]#[N+]c1cc(F)c2nc(C3(O)[C@@H]4CC[C@H]3CC(OCc3c(-c5c(Cl)cncc5Cl)noc3C3CC3)C4)sc2c1. The molecule has 0 spiro atoms. The van der Waals surface area contributed by atoms with Crippen molar-refractivity contribution in [3.8, 4) is 22.5 Å². The monoisotopic (exact) mass is 1190 g/mol. The third-order valence-electron chi connectivity index (χ3n) is 16.7. The van der Waals surface area contributed by atoms with Gasteiger partial charge in [0, 0.05) is 63.6 Å². The van der Waals surface area contributed by atoms with Crippen LogP contribution in [0.15, 0.2) is 64.2 Å². The van der Waals surface area contributed by atoms with Crippen LogP contribution < -0.4 is 0 Å². The highest BCUT2D eigenvalue weighted by atomic mass is 35.5. The van der Waals surface area contributed by atoms with E-state index in [4.69, 9.17) is 81.1 Å². The van der Waals surface area contributed by atoms with Crippen molar-refractivity contribution in [3.63, 3.8) is 0 Å². The number of benzene rings is 2. The Bertz CT molecular complexity index is 3660. The van der Waals surface area contributed by atoms with Crippen LogP contribution in [0.5, 0.6) is 0 Å². The lowest BCUT2D eigenvalue weighted by molar-refractivity contribution is -0.191. The molecule has 8 atom stereocenters. The Morgan fingerprint density at radius 1 is 0.646 bits per heavy atom. The van der Waals surface area contributed by atoms with Gasteiger partial charge in [0.1, 0.15) is 66.8 Å². The highest BCUT2D eigenvalue weighted by molar-refractivity contribution is 7.19. The minimum absolute atomic E-state index is 0.00816. The smallest absolute Gasteiger partial charge is 0.373 e. The van der Waals surface area contributed by atoms with Gasteiger partial charge in [-0.2, -0.15) is 9.59 Å². The second kappa shape index (κ2) is 21.9. The fraction of sp³-hybridized carbons (Fsp3) is 0.429. The fourth-order valence-electron chi connectivity index (χ4n) is 12.6. The molecule has 0 radical (unpaired) electrons. The summed E-state index contributed by atoms with van der Waals surface area (Å²) < 4.78 is 54.8. The van der Waals surface area contributed by atoms with Crippen molar-refractivity contribution in [3.05, 3.63) is 131 Å². The van der Waals surface area contributed by atoms with E-state index in [1.165, 1.54) is 47.2 Å². The van der Waals surface area contributed by atoms with Crippen LogP contribution in [-0.2, 0) is 43.5 Å². The van der Waals surface area contributed by atoms with E-state index < -0.39 is 17.0 Å². The number of fused-ring (bicyclic) bond motifs is 6. The molecule has 8 aromatic rings. The number of aliphatic hydroxyl groups is 2. The van der Waals surface area contributed by atoms with Gasteiger partial charge in [-0.3, -0.25) is 9.97 Å². The molecular formula is C56H47Cl4F2N7O8S2. The maximum Gasteiger partial charge on any atom is 0.373 e. The number of hydrogen-bond acceptors (Lipinski definition) is 16. The number of pyridine rings is 2. The standard InChI is InChI=1S/C28H23Cl2FN4O3S.C27H24Cl2FN3O3S.CO2/c1-32-16-8-21(31)25-22(9-16)39-27(34-25)28(36)14-4-5-15(28)7-17(6-14)37-12-18-24(35-38-26(18)13-2-3-13)23-19(29)10-33-11-20(23)30;28-18-10-31-11-19(29)22(18)23-17(25(36-33-23)13-4-5-13)12-35-16-8-14-6-7-15(9-16)27(14,34)26-32-24-20(30)2-1-3-21(24)37-26;2-1-3/h8-11,13-15,17,36H,2-7,12H2;1-3,10-11,13-16,34H,4-9,12H2;/t14-,15+,17?,28?;14-,15+,16?,27?;. The Balaban J connectivity index is 0.000000151. The Labute approximate surface area is 478 Å². The molecule has 6 saturated carbocycles. The second-order valence-electron chi connectivity index (χ2n) is 21.2. The number of carbonyl (C=O) groups excluding carboxylic acids is 2. The average molecular weight is 1190 g/mol. The molecule has 0 amide bonds. The van der Waals surface area contributed by atoms with Crippen molar-refractivity contribution < 1.29 is 47.1 Å². The number of hydrogen-bond donors (Lipinski definition) is 2. The van der Waals surface area contributed by atoms with Crippen molar-refractivity contribution in [2.45, 2.75) is 126 Å². The van der Waals surface area contributed by atoms with Gasteiger partial charge in [-0.05, 0) is 125 Å². The minimum Gasteiger partial charge on any atom is -0.382 e.